The van der Waals surface area contributed by atoms with E-state index in [1.54, 1.807) is 0 Å². The fourth-order valence-corrected chi connectivity index (χ4v) is 7.50. The number of fused-ring (bicyclic) bond motifs is 2. The molecule has 0 bridgehead atoms. The number of rotatable bonds is 8. The third kappa shape index (κ3) is 9.37. The van der Waals surface area contributed by atoms with E-state index in [0.717, 1.165) is 66.4 Å². The quantitative estimate of drug-likeness (QED) is 0.113. The summed E-state index contributed by atoms with van der Waals surface area (Å²) in [5.74, 6) is 0. The SMILES string of the molecule is CN(C)/C=C1/C(=S)N(Cc2ccccc2)c2ccccc2N=C1c1ccccc1.CN(C)/C=C1/C(=S)N(Cc2ccccc2)c2ccccc2N=C1c1ccccc1. The Balaban J connectivity index is 0.000000177. The zero-order valence-corrected chi connectivity index (χ0v) is 34.9. The van der Waals surface area contributed by atoms with Crippen LogP contribution in [0.3, 0.4) is 0 Å². The van der Waals surface area contributed by atoms with E-state index in [1.165, 1.54) is 11.1 Å². The van der Waals surface area contributed by atoms with Gasteiger partial charge in [-0.1, -0.05) is 170 Å². The Labute approximate surface area is 353 Å². The van der Waals surface area contributed by atoms with Gasteiger partial charge in [-0.05, 0) is 35.4 Å². The number of para-hydroxylation sites is 4. The van der Waals surface area contributed by atoms with Crippen LogP contribution in [0, 0.1) is 0 Å². The lowest BCUT2D eigenvalue weighted by molar-refractivity contribution is 0.562. The van der Waals surface area contributed by atoms with Crippen molar-refractivity contribution in [1.82, 2.24) is 9.80 Å². The predicted octanol–water partition coefficient (Wildman–Crippen LogP) is 11.2. The van der Waals surface area contributed by atoms with Gasteiger partial charge in [0.2, 0.25) is 0 Å². The summed E-state index contributed by atoms with van der Waals surface area (Å²) >= 11 is 12.1. The average molecular weight is 795 g/mol. The van der Waals surface area contributed by atoms with Crippen molar-refractivity contribution in [3.63, 3.8) is 0 Å². The van der Waals surface area contributed by atoms with Gasteiger partial charge in [0.15, 0.2) is 0 Å². The number of aliphatic imine (C=N–C) groups is 2. The first-order chi connectivity index (χ1) is 28.3. The molecule has 0 saturated carbocycles. The molecule has 2 aliphatic rings. The van der Waals surface area contributed by atoms with Crippen LogP contribution in [0.25, 0.3) is 0 Å². The van der Waals surface area contributed by atoms with Gasteiger partial charge in [-0.25, -0.2) is 9.98 Å². The summed E-state index contributed by atoms with van der Waals surface area (Å²) < 4.78 is 0. The maximum absolute atomic E-state index is 6.06. The van der Waals surface area contributed by atoms with Crippen LogP contribution < -0.4 is 9.80 Å². The van der Waals surface area contributed by atoms with Crippen molar-refractivity contribution in [3.05, 3.63) is 216 Å². The minimum absolute atomic E-state index is 0.693. The summed E-state index contributed by atoms with van der Waals surface area (Å²) in [6, 6.07) is 57.8. The van der Waals surface area contributed by atoms with Gasteiger partial charge in [-0.2, -0.15) is 0 Å². The Kier molecular flexibility index (Phi) is 12.8. The van der Waals surface area contributed by atoms with E-state index < -0.39 is 0 Å². The summed E-state index contributed by atoms with van der Waals surface area (Å²) in [5, 5.41) is 0. The van der Waals surface area contributed by atoms with Gasteiger partial charge in [0.1, 0.15) is 9.98 Å². The van der Waals surface area contributed by atoms with E-state index in [2.05, 4.69) is 119 Å². The van der Waals surface area contributed by atoms with Crippen LogP contribution in [0.15, 0.2) is 203 Å². The lowest BCUT2D eigenvalue weighted by Gasteiger charge is -2.26. The third-order valence-corrected chi connectivity index (χ3v) is 10.4. The van der Waals surface area contributed by atoms with Gasteiger partial charge in [0, 0.05) is 64.8 Å². The van der Waals surface area contributed by atoms with Crippen molar-refractivity contribution in [2.45, 2.75) is 13.1 Å². The zero-order chi connectivity index (χ0) is 40.4. The van der Waals surface area contributed by atoms with Gasteiger partial charge in [0.05, 0.1) is 45.3 Å². The Hall–Kier alpha value is -6.48. The molecule has 0 saturated heterocycles. The predicted molar refractivity (Wildman–Crippen MR) is 252 cm³/mol. The molecule has 8 heteroatoms. The van der Waals surface area contributed by atoms with E-state index in [0.29, 0.717) is 13.1 Å². The van der Waals surface area contributed by atoms with Crippen molar-refractivity contribution in [3.8, 4) is 0 Å². The number of thiocarbonyl (C=S) groups is 2. The number of anilines is 2. The molecule has 0 aliphatic carbocycles. The maximum Gasteiger partial charge on any atom is 0.117 e. The zero-order valence-electron chi connectivity index (χ0n) is 33.2. The number of hydrogen-bond acceptors (Lipinski definition) is 6. The first-order valence-electron chi connectivity index (χ1n) is 19.2. The maximum atomic E-state index is 6.06. The van der Waals surface area contributed by atoms with E-state index >= 15 is 0 Å². The Morgan fingerprint density at radius 3 is 1.09 bits per heavy atom. The largest absolute Gasteiger partial charge is 0.383 e. The van der Waals surface area contributed by atoms with Gasteiger partial charge >= 0.3 is 0 Å². The minimum atomic E-state index is 0.693. The van der Waals surface area contributed by atoms with Crippen LogP contribution in [-0.2, 0) is 13.1 Å². The highest BCUT2D eigenvalue weighted by molar-refractivity contribution is 7.81. The van der Waals surface area contributed by atoms with Crippen LogP contribution in [0.2, 0.25) is 0 Å². The summed E-state index contributed by atoms with van der Waals surface area (Å²) in [5.41, 5.74) is 12.1. The summed E-state index contributed by atoms with van der Waals surface area (Å²) in [4.78, 5) is 20.1. The highest BCUT2D eigenvalue weighted by Gasteiger charge is 2.28. The Bertz CT molecular complexity index is 2320. The monoisotopic (exact) mass is 794 g/mol. The lowest BCUT2D eigenvalue weighted by Crippen LogP contribution is -2.32. The molecule has 0 aromatic heterocycles. The molecular weight excluding hydrogens is 749 g/mol. The van der Waals surface area contributed by atoms with E-state index in [4.69, 9.17) is 34.4 Å². The molecule has 6 aromatic carbocycles. The molecule has 6 nitrogen and oxygen atoms in total. The third-order valence-electron chi connectivity index (χ3n) is 9.51. The molecule has 58 heavy (non-hydrogen) atoms. The molecule has 0 amide bonds. The molecule has 0 radical (unpaired) electrons. The fourth-order valence-electron chi connectivity index (χ4n) is 6.87. The molecule has 0 spiro atoms. The topological polar surface area (TPSA) is 37.7 Å². The van der Waals surface area contributed by atoms with Crippen LogP contribution in [0.1, 0.15) is 22.3 Å². The molecule has 2 aliphatic heterocycles. The average Bonchev–Trinajstić information content (AvgIpc) is 3.43. The van der Waals surface area contributed by atoms with Crippen LogP contribution in [0.4, 0.5) is 22.7 Å². The molecule has 6 aromatic rings. The van der Waals surface area contributed by atoms with E-state index in [-0.39, 0.29) is 0 Å². The summed E-state index contributed by atoms with van der Waals surface area (Å²) in [6.45, 7) is 1.39. The molecule has 288 valence electrons. The fraction of sp³-hybridized carbons (Fsp3) is 0.120. The van der Waals surface area contributed by atoms with E-state index in [9.17, 15) is 0 Å². The van der Waals surface area contributed by atoms with Crippen LogP contribution in [0.5, 0.6) is 0 Å². The van der Waals surface area contributed by atoms with Crippen LogP contribution >= 0.6 is 24.4 Å². The smallest absolute Gasteiger partial charge is 0.117 e. The normalized spacial score (nSPS) is 15.0. The molecule has 0 fully saturated rings. The highest BCUT2D eigenvalue weighted by Crippen LogP contribution is 2.37. The molecule has 0 unspecified atom stereocenters. The molecule has 2 heterocycles. The second-order valence-corrected chi connectivity index (χ2v) is 15.2. The Morgan fingerprint density at radius 1 is 0.431 bits per heavy atom. The number of nitrogens with zero attached hydrogens (tertiary/aromatic N) is 6. The van der Waals surface area contributed by atoms with Crippen molar-refractivity contribution >= 4 is 68.6 Å². The first kappa shape index (κ1) is 39.7. The second kappa shape index (κ2) is 18.6. The van der Waals surface area contributed by atoms with Gasteiger partial charge in [0.25, 0.3) is 0 Å². The molecule has 0 N–H and O–H groups in total. The van der Waals surface area contributed by atoms with Crippen molar-refractivity contribution < 1.29 is 0 Å². The Morgan fingerprint density at radius 2 is 0.741 bits per heavy atom. The minimum Gasteiger partial charge on any atom is -0.383 e. The van der Waals surface area contributed by atoms with Crippen molar-refractivity contribution in [1.29, 1.82) is 0 Å². The molecule has 8 rings (SSSR count). The van der Waals surface area contributed by atoms with Gasteiger partial charge in [-0.15, -0.1) is 0 Å². The van der Waals surface area contributed by atoms with Gasteiger partial charge < -0.3 is 19.6 Å². The number of hydrogen-bond donors (Lipinski definition) is 0. The number of benzene rings is 6. The second-order valence-electron chi connectivity index (χ2n) is 14.4. The standard InChI is InChI=1S/2C25H23N3S/c2*1-27(2)18-21-24(20-13-7-4-8-14-20)26-22-15-9-10-16-23(22)28(25(21)29)17-19-11-5-3-6-12-19/h2*3-16,18H,17H2,1-2H3/b2*21-18+. The van der Waals surface area contributed by atoms with E-state index in [1.807, 2.05) is 111 Å². The van der Waals surface area contributed by atoms with Crippen molar-refractivity contribution in [2.24, 2.45) is 9.98 Å². The van der Waals surface area contributed by atoms with Crippen LogP contribution in [-0.4, -0.2) is 59.4 Å². The van der Waals surface area contributed by atoms with Gasteiger partial charge in [-0.3, -0.25) is 0 Å². The summed E-state index contributed by atoms with van der Waals surface area (Å²) in [7, 11) is 8.05. The molecular formula is C50H46N6S2. The van der Waals surface area contributed by atoms with Crippen molar-refractivity contribution in [2.75, 3.05) is 38.0 Å². The lowest BCUT2D eigenvalue weighted by atomic mass is 10.0. The highest BCUT2D eigenvalue weighted by atomic mass is 32.1. The molecule has 0 atom stereocenters. The first-order valence-corrected chi connectivity index (χ1v) is 20.0. The summed E-state index contributed by atoms with van der Waals surface area (Å²) in [6.07, 6.45) is 4.14.